The lowest BCUT2D eigenvalue weighted by atomic mass is 10.1. The lowest BCUT2D eigenvalue weighted by Gasteiger charge is -2.13. The maximum Gasteiger partial charge on any atom is 0.257 e. The summed E-state index contributed by atoms with van der Waals surface area (Å²) in [6.45, 7) is 1.47. The monoisotopic (exact) mass is 266 g/mol. The molecule has 5 nitrogen and oxygen atoms in total. The van der Waals surface area contributed by atoms with Gasteiger partial charge in [-0.1, -0.05) is 0 Å². The predicted octanol–water partition coefficient (Wildman–Crippen LogP) is 1.29. The first-order valence-corrected chi connectivity index (χ1v) is 5.78. The van der Waals surface area contributed by atoms with Crippen molar-refractivity contribution >= 4 is 5.91 Å². The van der Waals surface area contributed by atoms with Crippen molar-refractivity contribution in [1.29, 1.82) is 5.26 Å². The number of nitrogens with zero attached hydrogens (tertiary/aromatic N) is 1. The van der Waals surface area contributed by atoms with Gasteiger partial charge in [-0.15, -0.1) is 0 Å². The van der Waals surface area contributed by atoms with E-state index in [0.29, 0.717) is 5.56 Å². The molecule has 0 bridgehead atoms. The normalized spacial score (nSPS) is 11.5. The minimum absolute atomic E-state index is 0.130. The Hall–Kier alpha value is -2.13. The van der Waals surface area contributed by atoms with Crippen molar-refractivity contribution in [3.8, 4) is 11.8 Å². The van der Waals surface area contributed by atoms with Crippen LogP contribution < -0.4 is 10.1 Å². The fourth-order valence-electron chi connectivity index (χ4n) is 1.43. The Bertz CT molecular complexity index is 483. The third kappa shape index (κ3) is 4.94. The van der Waals surface area contributed by atoms with Gasteiger partial charge in [0.1, 0.15) is 11.6 Å². The Morgan fingerprint density at radius 1 is 1.63 bits per heavy atom. The predicted molar refractivity (Wildman–Crippen MR) is 65.8 cm³/mol. The molecule has 0 saturated heterocycles. The summed E-state index contributed by atoms with van der Waals surface area (Å²) in [7, 11) is 0. The lowest BCUT2D eigenvalue weighted by Crippen LogP contribution is -2.29. The molecular weight excluding hydrogens is 251 g/mol. The average Bonchev–Trinajstić information content (AvgIpc) is 2.36. The molecule has 6 heteroatoms. The molecule has 2 N–H and O–H groups in total. The van der Waals surface area contributed by atoms with Crippen molar-refractivity contribution < 1.29 is 19.0 Å². The molecular formula is C13H15FN2O3. The van der Waals surface area contributed by atoms with Crippen LogP contribution in [-0.2, 0) is 4.79 Å². The summed E-state index contributed by atoms with van der Waals surface area (Å²) < 4.78 is 18.3. The fourth-order valence-corrected chi connectivity index (χ4v) is 1.43. The molecule has 0 unspecified atom stereocenters. The largest absolute Gasteiger partial charge is 0.483 e. The summed E-state index contributed by atoms with van der Waals surface area (Å²) in [5.41, 5.74) is 0.409. The summed E-state index contributed by atoms with van der Waals surface area (Å²) in [5.74, 6) is -0.786. The number of nitriles is 1. The van der Waals surface area contributed by atoms with E-state index in [2.05, 4.69) is 5.32 Å². The highest BCUT2D eigenvalue weighted by Crippen LogP contribution is 2.25. The van der Waals surface area contributed by atoms with Crippen molar-refractivity contribution in [2.24, 2.45) is 0 Å². The second kappa shape index (κ2) is 7.34. The Kier molecular flexibility index (Phi) is 5.76. The molecule has 0 saturated carbocycles. The maximum absolute atomic E-state index is 13.1. The van der Waals surface area contributed by atoms with Crippen molar-refractivity contribution in [3.05, 3.63) is 29.6 Å². The number of hydrogen-bond acceptors (Lipinski definition) is 4. The molecule has 0 radical (unpaired) electrons. The van der Waals surface area contributed by atoms with Gasteiger partial charge < -0.3 is 15.2 Å². The number of aliphatic hydroxyl groups excluding tert-OH is 1. The molecule has 0 aromatic heterocycles. The third-order valence-electron chi connectivity index (χ3n) is 2.34. The van der Waals surface area contributed by atoms with E-state index in [1.807, 2.05) is 6.07 Å². The molecule has 1 atom stereocenters. The Morgan fingerprint density at radius 2 is 2.37 bits per heavy atom. The van der Waals surface area contributed by atoms with Crippen molar-refractivity contribution in [1.82, 2.24) is 5.32 Å². The van der Waals surface area contributed by atoms with Gasteiger partial charge in [0.05, 0.1) is 18.6 Å². The van der Waals surface area contributed by atoms with E-state index in [-0.39, 0.29) is 25.3 Å². The maximum atomic E-state index is 13.1. The van der Waals surface area contributed by atoms with Crippen molar-refractivity contribution in [3.63, 3.8) is 0 Å². The lowest BCUT2D eigenvalue weighted by molar-refractivity contribution is -0.123. The number of aliphatic hydroxyl groups is 1. The average molecular weight is 266 g/mol. The van der Waals surface area contributed by atoms with Crippen LogP contribution in [0, 0.1) is 17.1 Å². The molecule has 0 heterocycles. The molecule has 0 aliphatic rings. The van der Waals surface area contributed by atoms with Crippen molar-refractivity contribution in [2.45, 2.75) is 19.4 Å². The molecule has 0 spiro atoms. The summed E-state index contributed by atoms with van der Waals surface area (Å²) in [4.78, 5) is 11.4. The molecule has 0 aliphatic heterocycles. The van der Waals surface area contributed by atoms with Crippen LogP contribution >= 0.6 is 0 Å². The Labute approximate surface area is 110 Å². The van der Waals surface area contributed by atoms with Gasteiger partial charge in [-0.3, -0.25) is 4.79 Å². The van der Waals surface area contributed by atoms with Gasteiger partial charge in [-0.25, -0.2) is 4.39 Å². The van der Waals surface area contributed by atoms with Crippen LogP contribution in [-0.4, -0.2) is 24.2 Å². The molecule has 102 valence electrons. The number of carbonyl (C=O) groups excluding carboxylic acids is 1. The number of benzene rings is 1. The van der Waals surface area contributed by atoms with E-state index in [1.165, 1.54) is 19.1 Å². The second-order valence-electron chi connectivity index (χ2n) is 3.90. The highest BCUT2D eigenvalue weighted by Gasteiger charge is 2.11. The van der Waals surface area contributed by atoms with Crippen LogP contribution in [0.25, 0.3) is 0 Å². The number of nitrogens with one attached hydrogen (secondary N) is 1. The number of carbonyl (C=O) groups is 1. The fraction of sp³-hybridized carbons (Fsp3) is 0.385. The van der Waals surface area contributed by atoms with Crippen LogP contribution in [0.4, 0.5) is 4.39 Å². The Morgan fingerprint density at radius 3 is 3.00 bits per heavy atom. The second-order valence-corrected chi connectivity index (χ2v) is 3.90. The van der Waals surface area contributed by atoms with E-state index in [0.717, 1.165) is 6.07 Å². The first-order valence-electron chi connectivity index (χ1n) is 5.78. The zero-order chi connectivity index (χ0) is 14.3. The molecule has 0 aliphatic carbocycles. The zero-order valence-electron chi connectivity index (χ0n) is 10.5. The smallest absolute Gasteiger partial charge is 0.257 e. The minimum atomic E-state index is -0.822. The van der Waals surface area contributed by atoms with E-state index < -0.39 is 17.8 Å². The standard InChI is InChI=1S/C13H15FN2O3/c1-9(17)11-4-3-10(14)7-12(11)19-8-13(18)16-6-2-5-15/h3-4,7,9,17H,2,6,8H2,1H3,(H,16,18)/t9-/m1/s1. The minimum Gasteiger partial charge on any atom is -0.483 e. The van der Waals surface area contributed by atoms with E-state index in [1.54, 1.807) is 0 Å². The molecule has 1 rings (SSSR count). The van der Waals surface area contributed by atoms with Crippen LogP contribution in [0.2, 0.25) is 0 Å². The summed E-state index contributed by atoms with van der Waals surface area (Å²) >= 11 is 0. The summed E-state index contributed by atoms with van der Waals surface area (Å²) in [6.07, 6.45) is -0.609. The molecule has 0 fully saturated rings. The highest BCUT2D eigenvalue weighted by atomic mass is 19.1. The Balaban J connectivity index is 2.59. The van der Waals surface area contributed by atoms with Gasteiger partial charge in [0.25, 0.3) is 5.91 Å². The van der Waals surface area contributed by atoms with E-state index >= 15 is 0 Å². The van der Waals surface area contributed by atoms with Gasteiger partial charge in [0.2, 0.25) is 0 Å². The SMILES string of the molecule is C[C@@H](O)c1ccc(F)cc1OCC(=O)NCCC#N. The number of amides is 1. The number of rotatable bonds is 6. The molecule has 1 aromatic carbocycles. The van der Waals surface area contributed by atoms with Gasteiger partial charge in [-0.05, 0) is 19.1 Å². The third-order valence-corrected chi connectivity index (χ3v) is 2.34. The van der Waals surface area contributed by atoms with Gasteiger partial charge in [-0.2, -0.15) is 5.26 Å². The van der Waals surface area contributed by atoms with Crippen LogP contribution in [0.1, 0.15) is 25.0 Å². The highest BCUT2D eigenvalue weighted by molar-refractivity contribution is 5.77. The molecule has 1 amide bonds. The number of hydrogen-bond donors (Lipinski definition) is 2. The molecule has 19 heavy (non-hydrogen) atoms. The summed E-state index contributed by atoms with van der Waals surface area (Å²) in [6, 6.07) is 5.62. The van der Waals surface area contributed by atoms with Crippen molar-refractivity contribution in [2.75, 3.05) is 13.2 Å². The number of halogens is 1. The van der Waals surface area contributed by atoms with Crippen LogP contribution in [0.15, 0.2) is 18.2 Å². The topological polar surface area (TPSA) is 82.3 Å². The van der Waals surface area contributed by atoms with E-state index in [4.69, 9.17) is 10.00 Å². The first kappa shape index (κ1) is 14.9. The van der Waals surface area contributed by atoms with Gasteiger partial charge >= 0.3 is 0 Å². The quantitative estimate of drug-likeness (QED) is 0.760. The summed E-state index contributed by atoms with van der Waals surface area (Å²) in [5, 5.41) is 20.3. The zero-order valence-corrected chi connectivity index (χ0v) is 10.5. The number of ether oxygens (including phenoxy) is 1. The van der Waals surface area contributed by atoms with Crippen LogP contribution in [0.3, 0.4) is 0 Å². The molecule has 1 aromatic rings. The first-order chi connectivity index (χ1) is 9.04. The van der Waals surface area contributed by atoms with Crippen LogP contribution in [0.5, 0.6) is 5.75 Å². The van der Waals surface area contributed by atoms with E-state index in [9.17, 15) is 14.3 Å². The van der Waals surface area contributed by atoms with Gasteiger partial charge in [0, 0.05) is 18.2 Å². The van der Waals surface area contributed by atoms with Gasteiger partial charge in [0.15, 0.2) is 6.61 Å².